The molecule has 0 aromatic carbocycles. The third-order valence-corrected chi connectivity index (χ3v) is 2.24. The summed E-state index contributed by atoms with van der Waals surface area (Å²) in [6.07, 6.45) is 1.46. The Morgan fingerprint density at radius 1 is 1.65 bits per heavy atom. The van der Waals surface area contributed by atoms with Gasteiger partial charge in [-0.1, -0.05) is 11.6 Å². The first-order valence-corrected chi connectivity index (χ1v) is 5.59. The zero-order valence-corrected chi connectivity index (χ0v) is 10.7. The molecule has 0 aliphatic rings. The smallest absolute Gasteiger partial charge is 0.328 e. The third-order valence-electron chi connectivity index (χ3n) is 1.96. The molecule has 1 aromatic heterocycles. The van der Waals surface area contributed by atoms with Crippen LogP contribution in [-0.2, 0) is 9.53 Å². The van der Waals surface area contributed by atoms with Gasteiger partial charge in [0.05, 0.1) is 12.8 Å². The van der Waals surface area contributed by atoms with Crippen molar-refractivity contribution in [2.24, 2.45) is 0 Å². The molecule has 0 fully saturated rings. The second kappa shape index (κ2) is 6.24. The SMILES string of the molecule is CCOC(=O)C(C)Nc1nc(NC)ncc1Cl. The Labute approximate surface area is 105 Å². The van der Waals surface area contributed by atoms with E-state index in [1.54, 1.807) is 20.9 Å². The van der Waals surface area contributed by atoms with E-state index in [0.29, 0.717) is 23.4 Å². The minimum atomic E-state index is -0.521. The monoisotopic (exact) mass is 258 g/mol. The van der Waals surface area contributed by atoms with Crippen LogP contribution in [-0.4, -0.2) is 35.6 Å². The van der Waals surface area contributed by atoms with Crippen molar-refractivity contribution >= 4 is 29.3 Å². The maximum absolute atomic E-state index is 11.4. The van der Waals surface area contributed by atoms with Gasteiger partial charge in [-0.05, 0) is 13.8 Å². The van der Waals surface area contributed by atoms with Crippen molar-refractivity contribution in [3.63, 3.8) is 0 Å². The van der Waals surface area contributed by atoms with Gasteiger partial charge in [0, 0.05) is 7.05 Å². The number of nitrogens with one attached hydrogen (secondary N) is 2. The first-order valence-electron chi connectivity index (χ1n) is 5.22. The molecular weight excluding hydrogens is 244 g/mol. The van der Waals surface area contributed by atoms with Gasteiger partial charge < -0.3 is 15.4 Å². The Bertz CT molecular complexity index is 400. The molecule has 17 heavy (non-hydrogen) atoms. The van der Waals surface area contributed by atoms with Crippen molar-refractivity contribution in [3.8, 4) is 0 Å². The van der Waals surface area contributed by atoms with Crippen molar-refractivity contribution in [3.05, 3.63) is 11.2 Å². The molecule has 0 saturated carbocycles. The van der Waals surface area contributed by atoms with E-state index in [9.17, 15) is 4.79 Å². The zero-order chi connectivity index (χ0) is 12.8. The van der Waals surface area contributed by atoms with Crippen LogP contribution in [0, 0.1) is 0 Å². The molecule has 7 heteroatoms. The molecule has 1 rings (SSSR count). The summed E-state index contributed by atoms with van der Waals surface area (Å²) < 4.78 is 4.87. The fraction of sp³-hybridized carbons (Fsp3) is 0.500. The van der Waals surface area contributed by atoms with E-state index in [1.165, 1.54) is 6.20 Å². The van der Waals surface area contributed by atoms with Crippen LogP contribution in [0.1, 0.15) is 13.8 Å². The Balaban J connectivity index is 2.76. The van der Waals surface area contributed by atoms with E-state index in [1.807, 2.05) is 0 Å². The molecule has 1 unspecified atom stereocenters. The summed E-state index contributed by atoms with van der Waals surface area (Å²) >= 11 is 5.91. The summed E-state index contributed by atoms with van der Waals surface area (Å²) in [5, 5.41) is 6.00. The van der Waals surface area contributed by atoms with Gasteiger partial charge in [-0.2, -0.15) is 4.98 Å². The fourth-order valence-corrected chi connectivity index (χ4v) is 1.27. The van der Waals surface area contributed by atoms with Crippen LogP contribution in [0.4, 0.5) is 11.8 Å². The lowest BCUT2D eigenvalue weighted by Crippen LogP contribution is -2.28. The van der Waals surface area contributed by atoms with E-state index in [2.05, 4.69) is 20.6 Å². The number of ether oxygens (including phenoxy) is 1. The number of halogens is 1. The lowest BCUT2D eigenvalue weighted by Gasteiger charge is -2.14. The number of carbonyl (C=O) groups is 1. The van der Waals surface area contributed by atoms with E-state index < -0.39 is 6.04 Å². The largest absolute Gasteiger partial charge is 0.464 e. The van der Waals surface area contributed by atoms with Crippen molar-refractivity contribution in [1.82, 2.24) is 9.97 Å². The molecule has 0 radical (unpaired) electrons. The number of hydrogen-bond donors (Lipinski definition) is 2. The van der Waals surface area contributed by atoms with Crippen LogP contribution < -0.4 is 10.6 Å². The van der Waals surface area contributed by atoms with E-state index in [-0.39, 0.29) is 5.97 Å². The lowest BCUT2D eigenvalue weighted by atomic mass is 10.3. The topological polar surface area (TPSA) is 76.1 Å². The Morgan fingerprint density at radius 3 is 2.94 bits per heavy atom. The molecule has 6 nitrogen and oxygen atoms in total. The zero-order valence-electron chi connectivity index (χ0n) is 9.95. The van der Waals surface area contributed by atoms with Gasteiger partial charge in [-0.3, -0.25) is 0 Å². The predicted octanol–water partition coefficient (Wildman–Crippen LogP) is 1.54. The molecule has 0 aliphatic carbocycles. The Kier molecular flexibility index (Phi) is 4.96. The van der Waals surface area contributed by atoms with Gasteiger partial charge >= 0.3 is 5.97 Å². The first-order chi connectivity index (χ1) is 8.08. The summed E-state index contributed by atoms with van der Waals surface area (Å²) in [6.45, 7) is 3.76. The predicted molar refractivity (Wildman–Crippen MR) is 66.3 cm³/mol. The van der Waals surface area contributed by atoms with Crippen LogP contribution in [0.15, 0.2) is 6.20 Å². The number of aromatic nitrogens is 2. The molecule has 0 saturated heterocycles. The summed E-state index contributed by atoms with van der Waals surface area (Å²) in [5.74, 6) is 0.465. The number of esters is 1. The van der Waals surface area contributed by atoms with Gasteiger partial charge in [0.1, 0.15) is 11.1 Å². The van der Waals surface area contributed by atoms with E-state index in [0.717, 1.165) is 0 Å². The summed E-state index contributed by atoms with van der Waals surface area (Å²) in [6, 6.07) is -0.521. The van der Waals surface area contributed by atoms with Crippen molar-refractivity contribution in [2.75, 3.05) is 24.3 Å². The Morgan fingerprint density at radius 2 is 2.35 bits per heavy atom. The van der Waals surface area contributed by atoms with Crippen molar-refractivity contribution in [2.45, 2.75) is 19.9 Å². The average molecular weight is 259 g/mol. The van der Waals surface area contributed by atoms with Crippen molar-refractivity contribution < 1.29 is 9.53 Å². The highest BCUT2D eigenvalue weighted by Crippen LogP contribution is 2.20. The number of carbonyl (C=O) groups excluding carboxylic acids is 1. The van der Waals surface area contributed by atoms with E-state index >= 15 is 0 Å². The highest BCUT2D eigenvalue weighted by molar-refractivity contribution is 6.32. The van der Waals surface area contributed by atoms with Gasteiger partial charge in [0.15, 0.2) is 5.82 Å². The summed E-state index contributed by atoms with van der Waals surface area (Å²) in [4.78, 5) is 19.5. The molecule has 0 amide bonds. The third kappa shape index (κ3) is 3.74. The summed E-state index contributed by atoms with van der Waals surface area (Å²) in [5.41, 5.74) is 0. The minimum Gasteiger partial charge on any atom is -0.464 e. The quantitative estimate of drug-likeness (QED) is 0.780. The van der Waals surface area contributed by atoms with E-state index in [4.69, 9.17) is 16.3 Å². The summed E-state index contributed by atoms with van der Waals surface area (Å²) in [7, 11) is 1.70. The normalized spacial score (nSPS) is 11.8. The van der Waals surface area contributed by atoms with Crippen LogP contribution >= 0.6 is 11.6 Å². The fourth-order valence-electron chi connectivity index (χ4n) is 1.12. The second-order valence-corrected chi connectivity index (χ2v) is 3.67. The van der Waals surface area contributed by atoms with Crippen LogP contribution in [0.5, 0.6) is 0 Å². The molecule has 0 bridgehead atoms. The van der Waals surface area contributed by atoms with Crippen LogP contribution in [0.25, 0.3) is 0 Å². The van der Waals surface area contributed by atoms with Gasteiger partial charge in [-0.15, -0.1) is 0 Å². The number of nitrogens with zero attached hydrogens (tertiary/aromatic N) is 2. The minimum absolute atomic E-state index is 0.337. The molecule has 0 aliphatic heterocycles. The van der Waals surface area contributed by atoms with Gasteiger partial charge in [0.25, 0.3) is 0 Å². The number of hydrogen-bond acceptors (Lipinski definition) is 6. The number of anilines is 2. The molecule has 0 spiro atoms. The first kappa shape index (κ1) is 13.5. The maximum atomic E-state index is 11.4. The molecule has 1 heterocycles. The number of rotatable bonds is 5. The molecule has 94 valence electrons. The van der Waals surface area contributed by atoms with Crippen molar-refractivity contribution in [1.29, 1.82) is 0 Å². The Hall–Kier alpha value is -1.56. The van der Waals surface area contributed by atoms with Crippen LogP contribution in [0.3, 0.4) is 0 Å². The molecule has 1 atom stereocenters. The lowest BCUT2D eigenvalue weighted by molar-refractivity contribution is -0.143. The highest BCUT2D eigenvalue weighted by Gasteiger charge is 2.16. The maximum Gasteiger partial charge on any atom is 0.328 e. The second-order valence-electron chi connectivity index (χ2n) is 3.26. The molecule has 1 aromatic rings. The highest BCUT2D eigenvalue weighted by atomic mass is 35.5. The standard InChI is InChI=1S/C10H15ClN4O2/c1-4-17-9(16)6(2)14-8-7(11)5-13-10(12-3)15-8/h5-6H,4H2,1-3H3,(H2,12,13,14,15). The van der Waals surface area contributed by atoms with Gasteiger partial charge in [0.2, 0.25) is 5.95 Å². The average Bonchev–Trinajstić information content (AvgIpc) is 2.32. The van der Waals surface area contributed by atoms with Crippen LogP contribution in [0.2, 0.25) is 5.02 Å². The molecular formula is C10H15ClN4O2. The molecule has 2 N–H and O–H groups in total. The van der Waals surface area contributed by atoms with Gasteiger partial charge in [-0.25, -0.2) is 9.78 Å².